The van der Waals surface area contributed by atoms with Crippen LogP contribution in [0.1, 0.15) is 33.1 Å². The Bertz CT molecular complexity index is 401. The van der Waals surface area contributed by atoms with Crippen molar-refractivity contribution in [1.29, 1.82) is 0 Å². The van der Waals surface area contributed by atoms with Gasteiger partial charge in [0.2, 0.25) is 0 Å². The van der Waals surface area contributed by atoms with Gasteiger partial charge in [0, 0.05) is 20.2 Å². The Kier molecular flexibility index (Phi) is 4.22. The lowest BCUT2D eigenvalue weighted by Gasteiger charge is -2.41. The summed E-state index contributed by atoms with van der Waals surface area (Å²) >= 11 is 0. The lowest BCUT2D eigenvalue weighted by atomic mass is 9.95. The predicted octanol–water partition coefficient (Wildman–Crippen LogP) is 1.40. The molecule has 0 bridgehead atoms. The monoisotopic (exact) mass is 284 g/mol. The summed E-state index contributed by atoms with van der Waals surface area (Å²) in [6.45, 7) is 5.61. The molecule has 20 heavy (non-hydrogen) atoms. The van der Waals surface area contributed by atoms with Gasteiger partial charge >= 0.3 is 12.0 Å². The Balaban J connectivity index is 2.09. The van der Waals surface area contributed by atoms with Gasteiger partial charge in [0.15, 0.2) is 0 Å². The van der Waals surface area contributed by atoms with Gasteiger partial charge in [-0.1, -0.05) is 6.92 Å². The van der Waals surface area contributed by atoms with E-state index in [0.29, 0.717) is 19.6 Å². The van der Waals surface area contributed by atoms with Crippen molar-refractivity contribution in [3.63, 3.8) is 0 Å². The molecule has 1 N–H and O–H groups in total. The van der Waals surface area contributed by atoms with E-state index in [4.69, 9.17) is 4.74 Å². The fourth-order valence-corrected chi connectivity index (χ4v) is 3.26. The summed E-state index contributed by atoms with van der Waals surface area (Å²) in [6.07, 6.45) is 2.56. The number of nitrogens with zero attached hydrogens (tertiary/aromatic N) is 2. The van der Waals surface area contributed by atoms with Gasteiger partial charge in [-0.05, 0) is 32.1 Å². The van der Waals surface area contributed by atoms with Crippen LogP contribution in [0, 0.1) is 5.92 Å². The van der Waals surface area contributed by atoms with E-state index in [0.717, 1.165) is 19.3 Å². The molecule has 6 heteroatoms. The second-order valence-corrected chi connectivity index (χ2v) is 6.20. The number of ether oxygens (including phenoxy) is 1. The van der Waals surface area contributed by atoms with Crippen LogP contribution >= 0.6 is 0 Å². The molecule has 2 aliphatic heterocycles. The van der Waals surface area contributed by atoms with Crippen molar-refractivity contribution >= 4 is 12.0 Å². The van der Waals surface area contributed by atoms with E-state index in [1.54, 1.807) is 12.0 Å². The van der Waals surface area contributed by atoms with Gasteiger partial charge in [0.05, 0.1) is 12.1 Å². The summed E-state index contributed by atoms with van der Waals surface area (Å²) < 4.78 is 5.49. The van der Waals surface area contributed by atoms with Crippen molar-refractivity contribution in [2.75, 3.05) is 26.7 Å². The van der Waals surface area contributed by atoms with Crippen LogP contribution in [0.2, 0.25) is 0 Å². The van der Waals surface area contributed by atoms with E-state index in [-0.39, 0.29) is 17.6 Å². The van der Waals surface area contributed by atoms with Crippen molar-refractivity contribution in [1.82, 2.24) is 9.80 Å². The molecule has 2 heterocycles. The van der Waals surface area contributed by atoms with Crippen LogP contribution in [0.4, 0.5) is 4.79 Å². The quantitative estimate of drug-likeness (QED) is 0.832. The number of carbonyl (C=O) groups is 2. The zero-order valence-corrected chi connectivity index (χ0v) is 12.5. The standard InChI is InChI=1S/C14H24N2O4/c1-10-5-8-16(11(10)12(17)18)13(19)15-7-4-6-14(2,9-15)20-3/h10-11H,4-9H2,1-3H3,(H,17,18). The average Bonchev–Trinajstić information content (AvgIpc) is 2.80. The molecule has 0 aromatic heterocycles. The van der Waals surface area contributed by atoms with Crippen molar-refractivity contribution in [2.24, 2.45) is 5.92 Å². The molecule has 0 aromatic rings. The fourth-order valence-electron chi connectivity index (χ4n) is 3.26. The van der Waals surface area contributed by atoms with Crippen molar-refractivity contribution < 1.29 is 19.4 Å². The molecule has 2 aliphatic rings. The van der Waals surface area contributed by atoms with Gasteiger partial charge < -0.3 is 19.6 Å². The molecular weight excluding hydrogens is 260 g/mol. The summed E-state index contributed by atoms with van der Waals surface area (Å²) in [5, 5.41) is 9.31. The zero-order valence-electron chi connectivity index (χ0n) is 12.5. The first-order chi connectivity index (χ1) is 9.38. The topological polar surface area (TPSA) is 70.1 Å². The minimum Gasteiger partial charge on any atom is -0.480 e. The van der Waals surface area contributed by atoms with E-state index in [9.17, 15) is 14.7 Å². The van der Waals surface area contributed by atoms with E-state index in [1.807, 2.05) is 13.8 Å². The number of piperidine rings is 1. The Labute approximate surface area is 119 Å². The Morgan fingerprint density at radius 3 is 2.65 bits per heavy atom. The molecule has 2 fully saturated rings. The maximum atomic E-state index is 12.6. The maximum absolute atomic E-state index is 12.6. The van der Waals surface area contributed by atoms with Crippen LogP contribution in [0.15, 0.2) is 0 Å². The zero-order chi connectivity index (χ0) is 14.9. The number of rotatable bonds is 2. The number of urea groups is 1. The van der Waals surface area contributed by atoms with Gasteiger partial charge in [-0.3, -0.25) is 0 Å². The lowest BCUT2D eigenvalue weighted by Crippen LogP contribution is -2.55. The highest BCUT2D eigenvalue weighted by molar-refractivity contribution is 5.83. The highest BCUT2D eigenvalue weighted by Gasteiger charge is 2.43. The molecular formula is C14H24N2O4. The number of amides is 2. The normalized spacial score (nSPS) is 34.4. The number of likely N-dealkylation sites (tertiary alicyclic amines) is 2. The number of carbonyl (C=O) groups excluding carboxylic acids is 1. The van der Waals surface area contributed by atoms with Crippen LogP contribution in [-0.4, -0.2) is 65.3 Å². The summed E-state index contributed by atoms with van der Waals surface area (Å²) in [4.78, 5) is 27.2. The second kappa shape index (κ2) is 5.60. The Morgan fingerprint density at radius 1 is 1.35 bits per heavy atom. The molecule has 0 radical (unpaired) electrons. The molecule has 114 valence electrons. The molecule has 0 saturated carbocycles. The van der Waals surface area contributed by atoms with Crippen LogP contribution < -0.4 is 0 Å². The summed E-state index contributed by atoms with van der Waals surface area (Å²) in [5.41, 5.74) is -0.321. The first kappa shape index (κ1) is 15.1. The maximum Gasteiger partial charge on any atom is 0.326 e. The van der Waals surface area contributed by atoms with Crippen LogP contribution in [0.25, 0.3) is 0 Å². The van der Waals surface area contributed by atoms with Crippen molar-refractivity contribution in [3.05, 3.63) is 0 Å². The molecule has 6 nitrogen and oxygen atoms in total. The number of methoxy groups -OCH3 is 1. The lowest BCUT2D eigenvalue weighted by molar-refractivity contribution is -0.142. The Morgan fingerprint density at radius 2 is 2.05 bits per heavy atom. The van der Waals surface area contributed by atoms with Gasteiger partial charge in [0.25, 0.3) is 0 Å². The fraction of sp³-hybridized carbons (Fsp3) is 0.857. The van der Waals surface area contributed by atoms with Gasteiger partial charge in [-0.15, -0.1) is 0 Å². The van der Waals surface area contributed by atoms with Crippen LogP contribution in [-0.2, 0) is 9.53 Å². The smallest absolute Gasteiger partial charge is 0.326 e. The Hall–Kier alpha value is -1.30. The highest BCUT2D eigenvalue weighted by atomic mass is 16.5. The summed E-state index contributed by atoms with van der Waals surface area (Å²) in [5.74, 6) is -0.898. The van der Waals surface area contributed by atoms with E-state index in [1.165, 1.54) is 4.90 Å². The minimum atomic E-state index is -0.908. The predicted molar refractivity (Wildman–Crippen MR) is 73.5 cm³/mol. The van der Waals surface area contributed by atoms with Crippen LogP contribution in [0.5, 0.6) is 0 Å². The van der Waals surface area contributed by atoms with Crippen molar-refractivity contribution in [3.8, 4) is 0 Å². The largest absolute Gasteiger partial charge is 0.480 e. The number of hydrogen-bond acceptors (Lipinski definition) is 3. The first-order valence-electron chi connectivity index (χ1n) is 7.21. The average molecular weight is 284 g/mol. The molecule has 0 aromatic carbocycles. The van der Waals surface area contributed by atoms with E-state index < -0.39 is 12.0 Å². The van der Waals surface area contributed by atoms with Gasteiger partial charge in [-0.25, -0.2) is 9.59 Å². The summed E-state index contributed by atoms with van der Waals surface area (Å²) in [6, 6.07) is -0.858. The molecule has 3 atom stereocenters. The number of carboxylic acids is 1. The van der Waals surface area contributed by atoms with Gasteiger partial charge in [0.1, 0.15) is 6.04 Å². The first-order valence-corrected chi connectivity index (χ1v) is 7.21. The minimum absolute atomic E-state index is 0.00930. The molecule has 2 rings (SSSR count). The SMILES string of the molecule is COC1(C)CCCN(C(=O)N2CCC(C)C2C(=O)O)C1. The molecule has 0 spiro atoms. The molecule has 2 saturated heterocycles. The summed E-state index contributed by atoms with van der Waals surface area (Å²) in [7, 11) is 1.66. The number of carboxylic acid groups (broad SMARTS) is 1. The molecule has 2 amide bonds. The second-order valence-electron chi connectivity index (χ2n) is 6.20. The third kappa shape index (κ3) is 2.75. The molecule has 0 aliphatic carbocycles. The number of aliphatic carboxylic acids is 1. The third-order valence-electron chi connectivity index (χ3n) is 4.62. The van der Waals surface area contributed by atoms with E-state index >= 15 is 0 Å². The highest BCUT2D eigenvalue weighted by Crippen LogP contribution is 2.29. The molecule has 3 unspecified atom stereocenters. The van der Waals surface area contributed by atoms with Gasteiger partial charge in [-0.2, -0.15) is 0 Å². The van der Waals surface area contributed by atoms with E-state index in [2.05, 4.69) is 0 Å². The van der Waals surface area contributed by atoms with Crippen LogP contribution in [0.3, 0.4) is 0 Å². The number of hydrogen-bond donors (Lipinski definition) is 1. The van der Waals surface area contributed by atoms with Crippen molar-refractivity contribution in [2.45, 2.75) is 44.8 Å². The third-order valence-corrected chi connectivity index (χ3v) is 4.62.